The fraction of sp³-hybridized carbons (Fsp3) is 0.450. The molecule has 1 aliphatic rings. The Morgan fingerprint density at radius 2 is 2.00 bits per heavy atom. The van der Waals surface area contributed by atoms with Crippen LogP contribution < -0.4 is 10.6 Å². The molecule has 5 heteroatoms. The van der Waals surface area contributed by atoms with E-state index < -0.39 is 0 Å². The highest BCUT2D eigenvalue weighted by atomic mass is 15.2. The minimum Gasteiger partial charge on any atom is -0.357 e. The Balaban J connectivity index is 1.47. The molecule has 2 aromatic rings. The Kier molecular flexibility index (Phi) is 6.12. The van der Waals surface area contributed by atoms with Crippen molar-refractivity contribution >= 4 is 5.96 Å². The maximum absolute atomic E-state index is 4.35. The van der Waals surface area contributed by atoms with Gasteiger partial charge in [0.15, 0.2) is 5.96 Å². The fourth-order valence-corrected chi connectivity index (χ4v) is 3.44. The standard InChI is InChI=1S/C20H29N5/c1-21-20(22-13-18-10-12-24(2)15-18)23-14-19-9-6-11-25(19)16-17-7-4-3-5-8-17/h3-5,7-8,10,12,15,19H,6,9,11,13-14,16H2,1-2H3,(H2,21,22,23). The maximum Gasteiger partial charge on any atom is 0.191 e. The number of benzene rings is 1. The van der Waals surface area contributed by atoms with Crippen LogP contribution in [0.4, 0.5) is 0 Å². The van der Waals surface area contributed by atoms with E-state index in [4.69, 9.17) is 0 Å². The number of likely N-dealkylation sites (tertiary alicyclic amines) is 1. The Morgan fingerprint density at radius 3 is 2.72 bits per heavy atom. The van der Waals surface area contributed by atoms with Crippen molar-refractivity contribution in [1.29, 1.82) is 0 Å². The van der Waals surface area contributed by atoms with E-state index in [-0.39, 0.29) is 0 Å². The molecule has 0 bridgehead atoms. The van der Waals surface area contributed by atoms with Crippen LogP contribution in [0.25, 0.3) is 0 Å². The van der Waals surface area contributed by atoms with Crippen molar-refractivity contribution in [3.05, 3.63) is 59.9 Å². The first-order valence-corrected chi connectivity index (χ1v) is 9.08. The summed E-state index contributed by atoms with van der Waals surface area (Å²) in [6, 6.07) is 13.4. The molecular weight excluding hydrogens is 310 g/mol. The van der Waals surface area contributed by atoms with E-state index in [1.54, 1.807) is 0 Å². The van der Waals surface area contributed by atoms with Crippen LogP contribution in [0.15, 0.2) is 53.8 Å². The zero-order valence-corrected chi connectivity index (χ0v) is 15.3. The van der Waals surface area contributed by atoms with Crippen molar-refractivity contribution in [3.8, 4) is 0 Å². The van der Waals surface area contributed by atoms with E-state index >= 15 is 0 Å². The summed E-state index contributed by atoms with van der Waals surface area (Å²) < 4.78 is 2.06. The number of nitrogens with zero attached hydrogens (tertiary/aromatic N) is 3. The van der Waals surface area contributed by atoms with Gasteiger partial charge < -0.3 is 15.2 Å². The second-order valence-corrected chi connectivity index (χ2v) is 6.74. The van der Waals surface area contributed by atoms with Crippen molar-refractivity contribution in [2.75, 3.05) is 20.1 Å². The van der Waals surface area contributed by atoms with Gasteiger partial charge in [-0.15, -0.1) is 0 Å². The molecule has 2 heterocycles. The van der Waals surface area contributed by atoms with Crippen LogP contribution in [0.2, 0.25) is 0 Å². The first kappa shape index (κ1) is 17.5. The SMILES string of the molecule is CN=C(NCc1ccn(C)c1)NCC1CCCN1Cc1ccccc1. The lowest BCUT2D eigenvalue weighted by molar-refractivity contribution is 0.245. The second-order valence-electron chi connectivity index (χ2n) is 6.74. The lowest BCUT2D eigenvalue weighted by atomic mass is 10.2. The van der Waals surface area contributed by atoms with E-state index in [9.17, 15) is 0 Å². The molecule has 134 valence electrons. The molecule has 3 rings (SSSR count). The van der Waals surface area contributed by atoms with Gasteiger partial charge in [-0.25, -0.2) is 0 Å². The van der Waals surface area contributed by atoms with E-state index in [2.05, 4.69) is 73.9 Å². The van der Waals surface area contributed by atoms with Gasteiger partial charge in [0.05, 0.1) is 0 Å². The Labute approximate surface area is 150 Å². The number of aryl methyl sites for hydroxylation is 1. The molecule has 2 N–H and O–H groups in total. The number of guanidine groups is 1. The summed E-state index contributed by atoms with van der Waals surface area (Å²) in [5.74, 6) is 0.871. The summed E-state index contributed by atoms with van der Waals surface area (Å²) >= 11 is 0. The van der Waals surface area contributed by atoms with Crippen LogP contribution in [0.3, 0.4) is 0 Å². The third-order valence-electron chi connectivity index (χ3n) is 4.81. The van der Waals surface area contributed by atoms with Gasteiger partial charge in [-0.05, 0) is 36.6 Å². The first-order chi connectivity index (χ1) is 12.2. The van der Waals surface area contributed by atoms with E-state index in [0.29, 0.717) is 6.04 Å². The van der Waals surface area contributed by atoms with Gasteiger partial charge in [0.1, 0.15) is 0 Å². The molecule has 1 aliphatic heterocycles. The highest BCUT2D eigenvalue weighted by Crippen LogP contribution is 2.19. The van der Waals surface area contributed by atoms with Crippen LogP contribution in [-0.2, 0) is 20.1 Å². The first-order valence-electron chi connectivity index (χ1n) is 9.08. The van der Waals surface area contributed by atoms with Crippen molar-refractivity contribution in [2.24, 2.45) is 12.0 Å². The van der Waals surface area contributed by atoms with Gasteiger partial charge in [0.2, 0.25) is 0 Å². The zero-order chi connectivity index (χ0) is 17.5. The van der Waals surface area contributed by atoms with Crippen LogP contribution >= 0.6 is 0 Å². The normalized spacial score (nSPS) is 18.5. The molecule has 1 unspecified atom stereocenters. The average Bonchev–Trinajstić information content (AvgIpc) is 3.25. The highest BCUT2D eigenvalue weighted by Gasteiger charge is 2.24. The number of aliphatic imine (C=N–C) groups is 1. The Hall–Kier alpha value is -2.27. The Morgan fingerprint density at radius 1 is 1.16 bits per heavy atom. The van der Waals surface area contributed by atoms with Gasteiger partial charge in [-0.2, -0.15) is 0 Å². The number of hydrogen-bond acceptors (Lipinski definition) is 2. The lowest BCUT2D eigenvalue weighted by Crippen LogP contribution is -2.44. The molecule has 0 amide bonds. The Bertz CT molecular complexity index is 676. The number of aromatic nitrogens is 1. The molecule has 1 saturated heterocycles. The zero-order valence-electron chi connectivity index (χ0n) is 15.3. The molecular formula is C20H29N5. The van der Waals surface area contributed by atoms with Gasteiger partial charge in [0.25, 0.3) is 0 Å². The third kappa shape index (κ3) is 5.10. The molecule has 0 spiro atoms. The summed E-state index contributed by atoms with van der Waals surface area (Å²) in [6.45, 7) is 3.93. The average molecular weight is 339 g/mol. The summed E-state index contributed by atoms with van der Waals surface area (Å²) in [5, 5.41) is 6.89. The molecule has 0 aliphatic carbocycles. The molecule has 0 saturated carbocycles. The van der Waals surface area contributed by atoms with Crippen molar-refractivity contribution in [3.63, 3.8) is 0 Å². The summed E-state index contributed by atoms with van der Waals surface area (Å²) in [5.41, 5.74) is 2.65. The minimum atomic E-state index is 0.565. The smallest absolute Gasteiger partial charge is 0.191 e. The topological polar surface area (TPSA) is 44.6 Å². The summed E-state index contributed by atoms with van der Waals surface area (Å²) in [7, 11) is 3.87. The second kappa shape index (κ2) is 8.72. The predicted octanol–water partition coefficient (Wildman–Crippen LogP) is 2.35. The maximum atomic E-state index is 4.35. The van der Waals surface area contributed by atoms with Crippen LogP contribution in [0.1, 0.15) is 24.0 Å². The molecule has 25 heavy (non-hydrogen) atoms. The van der Waals surface area contributed by atoms with Crippen LogP contribution in [-0.4, -0.2) is 41.6 Å². The predicted molar refractivity (Wildman–Crippen MR) is 103 cm³/mol. The quantitative estimate of drug-likeness (QED) is 0.627. The summed E-state index contributed by atoms with van der Waals surface area (Å²) in [4.78, 5) is 6.93. The number of rotatable bonds is 6. The largest absolute Gasteiger partial charge is 0.357 e. The van der Waals surface area contributed by atoms with Crippen molar-refractivity contribution in [1.82, 2.24) is 20.1 Å². The number of hydrogen-bond donors (Lipinski definition) is 2. The molecule has 1 aromatic heterocycles. The molecule has 1 fully saturated rings. The van der Waals surface area contributed by atoms with Gasteiger partial charge >= 0.3 is 0 Å². The monoisotopic (exact) mass is 339 g/mol. The molecule has 5 nitrogen and oxygen atoms in total. The third-order valence-corrected chi connectivity index (χ3v) is 4.81. The number of nitrogens with one attached hydrogen (secondary N) is 2. The van der Waals surface area contributed by atoms with Gasteiger partial charge in [0, 0.05) is 52.2 Å². The van der Waals surface area contributed by atoms with Crippen molar-refractivity contribution in [2.45, 2.75) is 32.0 Å². The van der Waals surface area contributed by atoms with Gasteiger partial charge in [-0.1, -0.05) is 30.3 Å². The van der Waals surface area contributed by atoms with Gasteiger partial charge in [-0.3, -0.25) is 9.89 Å². The molecule has 1 aromatic carbocycles. The van der Waals surface area contributed by atoms with E-state index in [1.807, 2.05) is 14.1 Å². The van der Waals surface area contributed by atoms with Crippen LogP contribution in [0, 0.1) is 0 Å². The minimum absolute atomic E-state index is 0.565. The highest BCUT2D eigenvalue weighted by molar-refractivity contribution is 5.79. The molecule has 1 atom stereocenters. The molecule has 0 radical (unpaired) electrons. The summed E-state index contributed by atoms with van der Waals surface area (Å²) in [6.07, 6.45) is 6.71. The van der Waals surface area contributed by atoms with E-state index in [0.717, 1.165) is 25.6 Å². The van der Waals surface area contributed by atoms with E-state index in [1.165, 1.54) is 30.5 Å². The lowest BCUT2D eigenvalue weighted by Gasteiger charge is -2.25. The van der Waals surface area contributed by atoms with Crippen molar-refractivity contribution < 1.29 is 0 Å². The fourth-order valence-electron chi connectivity index (χ4n) is 3.44. The van der Waals surface area contributed by atoms with Crippen LogP contribution in [0.5, 0.6) is 0 Å².